The third-order valence-electron chi connectivity index (χ3n) is 5.28. The second-order valence-corrected chi connectivity index (χ2v) is 8.24. The maximum atomic E-state index is 12.8. The molecule has 4 aromatic rings. The molecule has 0 radical (unpaired) electrons. The van der Waals surface area contributed by atoms with Gasteiger partial charge in [-0.05, 0) is 62.2 Å². The van der Waals surface area contributed by atoms with E-state index in [4.69, 9.17) is 21.1 Å². The summed E-state index contributed by atoms with van der Waals surface area (Å²) in [5.74, 6) is 0.523. The molecule has 9 heteroatoms. The fourth-order valence-electron chi connectivity index (χ4n) is 3.59. The van der Waals surface area contributed by atoms with Crippen LogP contribution in [0, 0.1) is 6.92 Å². The van der Waals surface area contributed by atoms with Crippen LogP contribution in [0.1, 0.15) is 35.7 Å². The number of pyridine rings is 1. The van der Waals surface area contributed by atoms with E-state index in [1.807, 2.05) is 37.3 Å². The topological polar surface area (TPSA) is 95.3 Å². The average molecular weight is 493 g/mol. The lowest BCUT2D eigenvalue weighted by Crippen LogP contribution is -2.19. The lowest BCUT2D eigenvalue weighted by Gasteiger charge is -2.12. The normalized spacial score (nSPS) is 10.8. The van der Waals surface area contributed by atoms with Crippen LogP contribution in [0.3, 0.4) is 0 Å². The van der Waals surface area contributed by atoms with Crippen molar-refractivity contribution >= 4 is 40.2 Å². The second kappa shape index (κ2) is 11.0. The first kappa shape index (κ1) is 24.2. The van der Waals surface area contributed by atoms with E-state index in [2.05, 4.69) is 15.4 Å². The van der Waals surface area contributed by atoms with Crippen molar-refractivity contribution < 1.29 is 19.1 Å². The zero-order chi connectivity index (χ0) is 24.8. The van der Waals surface area contributed by atoms with Gasteiger partial charge in [0.2, 0.25) is 5.91 Å². The molecule has 0 unspecified atom stereocenters. The lowest BCUT2D eigenvalue weighted by molar-refractivity contribution is -0.116. The Morgan fingerprint density at radius 3 is 2.66 bits per heavy atom. The molecule has 2 aromatic heterocycles. The Morgan fingerprint density at radius 1 is 1.11 bits per heavy atom. The van der Waals surface area contributed by atoms with E-state index in [-0.39, 0.29) is 30.3 Å². The molecule has 2 aromatic carbocycles. The molecule has 180 valence electrons. The summed E-state index contributed by atoms with van der Waals surface area (Å²) in [5.41, 5.74) is 1.94. The Hall–Kier alpha value is -3.91. The SMILES string of the molecule is CCOC(=O)c1cnn(-c2cc(C)c3ccccc3n2)c1NC(=O)CCCOc1ccc(Cl)cc1. The summed E-state index contributed by atoms with van der Waals surface area (Å²) in [7, 11) is 0. The van der Waals surface area contributed by atoms with Gasteiger partial charge in [0, 0.05) is 16.8 Å². The van der Waals surface area contributed by atoms with Gasteiger partial charge < -0.3 is 14.8 Å². The standard InChI is InChI=1S/C26H25ClN4O4/c1-3-34-26(33)21-16-28-31(23-15-17(2)20-7-4-5-8-22(20)29-23)25(21)30-24(32)9-6-14-35-19-12-10-18(27)11-13-19/h4-5,7-8,10-13,15-16H,3,6,9,14H2,1-2H3,(H,30,32). The third-order valence-corrected chi connectivity index (χ3v) is 5.53. The Balaban J connectivity index is 1.52. The van der Waals surface area contributed by atoms with Crippen LogP contribution in [0.5, 0.6) is 5.75 Å². The van der Waals surface area contributed by atoms with E-state index in [0.717, 1.165) is 16.5 Å². The van der Waals surface area contributed by atoms with Crippen LogP contribution in [0.2, 0.25) is 5.02 Å². The maximum absolute atomic E-state index is 12.8. The summed E-state index contributed by atoms with van der Waals surface area (Å²) in [5, 5.41) is 8.80. The first-order valence-corrected chi connectivity index (χ1v) is 11.6. The van der Waals surface area contributed by atoms with Crippen molar-refractivity contribution in [1.29, 1.82) is 0 Å². The molecule has 2 heterocycles. The molecule has 0 aliphatic heterocycles. The number of aromatic nitrogens is 3. The minimum Gasteiger partial charge on any atom is -0.494 e. The summed E-state index contributed by atoms with van der Waals surface area (Å²) in [4.78, 5) is 30.0. The first-order chi connectivity index (χ1) is 17.0. The molecule has 4 rings (SSSR count). The smallest absolute Gasteiger partial charge is 0.343 e. The van der Waals surface area contributed by atoms with Gasteiger partial charge in [-0.1, -0.05) is 29.8 Å². The van der Waals surface area contributed by atoms with Crippen molar-refractivity contribution in [2.24, 2.45) is 0 Å². The Labute approximate surface area is 207 Å². The largest absolute Gasteiger partial charge is 0.494 e. The summed E-state index contributed by atoms with van der Waals surface area (Å²) >= 11 is 5.88. The number of para-hydroxylation sites is 1. The second-order valence-electron chi connectivity index (χ2n) is 7.81. The summed E-state index contributed by atoms with van der Waals surface area (Å²) in [6.45, 7) is 4.25. The summed E-state index contributed by atoms with van der Waals surface area (Å²) in [6.07, 6.45) is 2.04. The molecule has 0 aliphatic rings. The van der Waals surface area contributed by atoms with Gasteiger partial charge in [-0.2, -0.15) is 9.78 Å². The monoisotopic (exact) mass is 492 g/mol. The fourth-order valence-corrected chi connectivity index (χ4v) is 3.71. The van der Waals surface area contributed by atoms with Crippen LogP contribution >= 0.6 is 11.6 Å². The number of carbonyl (C=O) groups is 2. The number of amides is 1. The molecular formula is C26H25ClN4O4. The van der Waals surface area contributed by atoms with Gasteiger partial charge in [0.05, 0.1) is 24.9 Å². The third kappa shape index (κ3) is 5.78. The van der Waals surface area contributed by atoms with E-state index in [1.165, 1.54) is 10.9 Å². The van der Waals surface area contributed by atoms with Gasteiger partial charge >= 0.3 is 5.97 Å². The Bertz CT molecular complexity index is 1350. The van der Waals surface area contributed by atoms with E-state index < -0.39 is 5.97 Å². The Kier molecular flexibility index (Phi) is 7.62. The number of benzene rings is 2. The highest BCUT2D eigenvalue weighted by Crippen LogP contribution is 2.25. The number of rotatable bonds is 9. The van der Waals surface area contributed by atoms with Gasteiger partial charge in [-0.25, -0.2) is 9.78 Å². The number of anilines is 1. The number of halogens is 1. The van der Waals surface area contributed by atoms with Gasteiger partial charge in [-0.3, -0.25) is 4.79 Å². The molecule has 1 N–H and O–H groups in total. The molecule has 35 heavy (non-hydrogen) atoms. The van der Waals surface area contributed by atoms with Crippen molar-refractivity contribution in [3.63, 3.8) is 0 Å². The highest BCUT2D eigenvalue weighted by atomic mass is 35.5. The molecule has 0 saturated carbocycles. The van der Waals surface area contributed by atoms with Crippen LogP contribution in [0.25, 0.3) is 16.7 Å². The molecule has 0 bridgehead atoms. The number of carbonyl (C=O) groups excluding carboxylic acids is 2. The van der Waals surface area contributed by atoms with Crippen LogP contribution in [-0.4, -0.2) is 39.9 Å². The number of hydrogen-bond acceptors (Lipinski definition) is 6. The molecule has 0 atom stereocenters. The first-order valence-electron chi connectivity index (χ1n) is 11.3. The summed E-state index contributed by atoms with van der Waals surface area (Å²) < 4.78 is 12.3. The molecule has 0 fully saturated rings. The van der Waals surface area contributed by atoms with Gasteiger partial charge in [0.25, 0.3) is 0 Å². The quantitative estimate of drug-likeness (QED) is 0.250. The van der Waals surface area contributed by atoms with E-state index in [9.17, 15) is 9.59 Å². The minimum atomic E-state index is -0.572. The molecule has 0 spiro atoms. The number of nitrogens with one attached hydrogen (secondary N) is 1. The van der Waals surface area contributed by atoms with Crippen molar-refractivity contribution in [2.75, 3.05) is 18.5 Å². The number of esters is 1. The molecular weight excluding hydrogens is 468 g/mol. The van der Waals surface area contributed by atoms with Crippen molar-refractivity contribution in [2.45, 2.75) is 26.7 Å². The van der Waals surface area contributed by atoms with Crippen LogP contribution < -0.4 is 10.1 Å². The average Bonchev–Trinajstić information content (AvgIpc) is 3.26. The number of nitrogens with zero attached hydrogens (tertiary/aromatic N) is 3. The van der Waals surface area contributed by atoms with E-state index in [0.29, 0.717) is 29.6 Å². The van der Waals surface area contributed by atoms with E-state index >= 15 is 0 Å². The highest BCUT2D eigenvalue weighted by molar-refractivity contribution is 6.30. The van der Waals surface area contributed by atoms with Gasteiger partial charge in [0.15, 0.2) is 11.6 Å². The zero-order valence-electron chi connectivity index (χ0n) is 19.5. The predicted octanol–water partition coefficient (Wildman–Crippen LogP) is 5.36. The van der Waals surface area contributed by atoms with Crippen LogP contribution in [-0.2, 0) is 9.53 Å². The van der Waals surface area contributed by atoms with Gasteiger partial charge in [0.1, 0.15) is 11.3 Å². The van der Waals surface area contributed by atoms with Crippen molar-refractivity contribution in [3.8, 4) is 11.6 Å². The molecule has 0 aliphatic carbocycles. The fraction of sp³-hybridized carbons (Fsp3) is 0.231. The maximum Gasteiger partial charge on any atom is 0.343 e. The molecule has 1 amide bonds. The highest BCUT2D eigenvalue weighted by Gasteiger charge is 2.22. The number of aryl methyl sites for hydroxylation is 1. The van der Waals surface area contributed by atoms with Crippen molar-refractivity contribution in [3.05, 3.63) is 76.9 Å². The lowest BCUT2D eigenvalue weighted by atomic mass is 10.1. The van der Waals surface area contributed by atoms with E-state index in [1.54, 1.807) is 31.2 Å². The molecule has 0 saturated heterocycles. The Morgan fingerprint density at radius 2 is 1.89 bits per heavy atom. The van der Waals surface area contributed by atoms with Gasteiger partial charge in [-0.15, -0.1) is 0 Å². The number of fused-ring (bicyclic) bond motifs is 1. The van der Waals surface area contributed by atoms with Crippen molar-refractivity contribution in [1.82, 2.24) is 14.8 Å². The zero-order valence-corrected chi connectivity index (χ0v) is 20.2. The predicted molar refractivity (Wildman–Crippen MR) is 134 cm³/mol. The molecule has 8 nitrogen and oxygen atoms in total. The van der Waals surface area contributed by atoms with Crippen LogP contribution in [0.15, 0.2) is 60.8 Å². The summed E-state index contributed by atoms with van der Waals surface area (Å²) in [6, 6.07) is 16.6. The minimum absolute atomic E-state index is 0.158. The van der Waals surface area contributed by atoms with Crippen LogP contribution in [0.4, 0.5) is 5.82 Å². The number of hydrogen-bond donors (Lipinski definition) is 1. The number of ether oxygens (including phenoxy) is 2.